The van der Waals surface area contributed by atoms with Crippen molar-refractivity contribution in [3.05, 3.63) is 18.2 Å². The Morgan fingerprint density at radius 2 is 0.929 bits per heavy atom. The van der Waals surface area contributed by atoms with E-state index in [2.05, 4.69) is 0 Å². The van der Waals surface area contributed by atoms with Gasteiger partial charge in [-0.3, -0.25) is 0 Å². The first-order valence-electron chi connectivity index (χ1n) is 3.19. The van der Waals surface area contributed by atoms with Crippen LogP contribution in [-0.2, 0) is 4.57 Å². The smallest absolute Gasteiger partial charge is 0.466 e. The molecular weight excluding hydrogens is 215 g/mol. The highest BCUT2D eigenvalue weighted by atomic mass is 31.2. The van der Waals surface area contributed by atoms with Gasteiger partial charge < -0.3 is 30.0 Å². The van der Waals surface area contributed by atoms with Crippen LogP contribution in [0.4, 0.5) is 0 Å². The molecule has 80 valence electrons. The van der Waals surface area contributed by atoms with Crippen molar-refractivity contribution in [3.8, 4) is 17.2 Å². The molecule has 0 bridgehead atoms. The van der Waals surface area contributed by atoms with Crippen LogP contribution in [0.5, 0.6) is 17.2 Å². The first-order chi connectivity index (χ1) is 6.18. The van der Waals surface area contributed by atoms with E-state index in [1.165, 1.54) is 0 Å². The molecule has 0 amide bonds. The zero-order chi connectivity index (χ0) is 11.4. The Hall–Kier alpha value is -1.27. The number of benzene rings is 1. The second-order valence-corrected chi connectivity index (χ2v) is 3.25. The second kappa shape index (κ2) is 4.83. The molecular formula is C6H9O7P. The summed E-state index contributed by atoms with van der Waals surface area (Å²) in [5.74, 6) is -0.437. The third kappa shape index (κ3) is 8.82. The Bertz CT molecular complexity index is 285. The lowest BCUT2D eigenvalue weighted by molar-refractivity contribution is 0.275. The summed E-state index contributed by atoms with van der Waals surface area (Å²) in [6.07, 6.45) is 0. The highest BCUT2D eigenvalue weighted by molar-refractivity contribution is 7.45. The van der Waals surface area contributed by atoms with E-state index in [0.717, 1.165) is 18.2 Å². The average Bonchev–Trinajstić information content (AvgIpc) is 1.77. The predicted octanol–water partition coefficient (Wildman–Crippen LogP) is -0.125. The number of rotatable bonds is 0. The molecule has 0 spiro atoms. The van der Waals surface area contributed by atoms with Crippen LogP contribution in [0.1, 0.15) is 0 Å². The van der Waals surface area contributed by atoms with Gasteiger partial charge >= 0.3 is 7.82 Å². The van der Waals surface area contributed by atoms with E-state index >= 15 is 0 Å². The van der Waals surface area contributed by atoms with Crippen LogP contribution < -0.4 is 0 Å². The van der Waals surface area contributed by atoms with Crippen LogP contribution >= 0.6 is 7.82 Å². The van der Waals surface area contributed by atoms with E-state index < -0.39 is 7.82 Å². The summed E-state index contributed by atoms with van der Waals surface area (Å²) in [6, 6.07) is 3.42. The molecule has 0 atom stereocenters. The molecule has 0 fully saturated rings. The van der Waals surface area contributed by atoms with Gasteiger partial charge in [0.25, 0.3) is 0 Å². The van der Waals surface area contributed by atoms with Crippen molar-refractivity contribution in [1.82, 2.24) is 0 Å². The number of aromatic hydroxyl groups is 3. The van der Waals surface area contributed by atoms with Gasteiger partial charge in [0.2, 0.25) is 0 Å². The van der Waals surface area contributed by atoms with Gasteiger partial charge in [-0.2, -0.15) is 0 Å². The maximum Gasteiger partial charge on any atom is 0.466 e. The molecule has 0 aliphatic heterocycles. The Balaban J connectivity index is 0.000000292. The molecule has 6 N–H and O–H groups in total. The SMILES string of the molecule is O=P(O)(O)O.Oc1cc(O)cc(O)c1. The number of hydrogen-bond donors (Lipinski definition) is 6. The molecule has 7 nitrogen and oxygen atoms in total. The molecule has 0 aliphatic carbocycles. The summed E-state index contributed by atoms with van der Waals surface area (Å²) in [4.78, 5) is 21.6. The van der Waals surface area contributed by atoms with Crippen LogP contribution in [0.3, 0.4) is 0 Å². The molecule has 0 saturated heterocycles. The number of phosphoric acid groups is 1. The van der Waals surface area contributed by atoms with Crippen molar-refractivity contribution in [2.45, 2.75) is 0 Å². The quantitative estimate of drug-likeness (QED) is 0.337. The fraction of sp³-hybridized carbons (Fsp3) is 0. The standard InChI is InChI=1S/C6H6O3.H3O4P/c7-4-1-5(8)3-6(9)2-4;1-5(2,3)4/h1-3,7-9H;(H3,1,2,3,4). The lowest BCUT2D eigenvalue weighted by Crippen LogP contribution is -1.66. The minimum absolute atomic E-state index is 0.146. The van der Waals surface area contributed by atoms with Crippen LogP contribution in [0.2, 0.25) is 0 Å². The van der Waals surface area contributed by atoms with Gasteiger partial charge in [-0.1, -0.05) is 0 Å². The molecule has 0 aliphatic rings. The first kappa shape index (κ1) is 12.7. The van der Waals surface area contributed by atoms with Gasteiger partial charge in [-0.05, 0) is 0 Å². The van der Waals surface area contributed by atoms with Crippen molar-refractivity contribution in [3.63, 3.8) is 0 Å². The third-order valence-electron chi connectivity index (χ3n) is 0.887. The van der Waals surface area contributed by atoms with E-state index in [1.54, 1.807) is 0 Å². The van der Waals surface area contributed by atoms with Crippen LogP contribution in [-0.4, -0.2) is 30.0 Å². The fourth-order valence-electron chi connectivity index (χ4n) is 0.580. The summed E-state index contributed by atoms with van der Waals surface area (Å²) >= 11 is 0. The van der Waals surface area contributed by atoms with Crippen LogP contribution in [0.15, 0.2) is 18.2 Å². The van der Waals surface area contributed by atoms with Crippen molar-refractivity contribution in [2.75, 3.05) is 0 Å². The van der Waals surface area contributed by atoms with E-state index in [0.29, 0.717) is 0 Å². The van der Waals surface area contributed by atoms with Gasteiger partial charge in [0.05, 0.1) is 0 Å². The molecule has 8 heteroatoms. The molecule has 14 heavy (non-hydrogen) atoms. The monoisotopic (exact) mass is 224 g/mol. The maximum atomic E-state index is 8.88. The summed E-state index contributed by atoms with van der Waals surface area (Å²) in [7, 11) is -4.64. The summed E-state index contributed by atoms with van der Waals surface area (Å²) in [5.41, 5.74) is 0. The van der Waals surface area contributed by atoms with Gasteiger partial charge in [-0.15, -0.1) is 0 Å². The third-order valence-corrected chi connectivity index (χ3v) is 0.887. The summed E-state index contributed by atoms with van der Waals surface area (Å²) in [5, 5.41) is 26.0. The van der Waals surface area contributed by atoms with Crippen molar-refractivity contribution < 1.29 is 34.6 Å². The lowest BCUT2D eigenvalue weighted by atomic mass is 10.3. The molecule has 0 unspecified atom stereocenters. The van der Waals surface area contributed by atoms with Crippen LogP contribution in [0.25, 0.3) is 0 Å². The molecule has 0 radical (unpaired) electrons. The molecule has 0 saturated carbocycles. The lowest BCUT2D eigenvalue weighted by Gasteiger charge is -1.94. The Labute approximate surface area is 78.8 Å². The zero-order valence-corrected chi connectivity index (χ0v) is 7.67. The van der Waals surface area contributed by atoms with Crippen molar-refractivity contribution in [1.29, 1.82) is 0 Å². The molecule has 0 aromatic heterocycles. The van der Waals surface area contributed by atoms with Crippen molar-refractivity contribution >= 4 is 7.82 Å². The topological polar surface area (TPSA) is 138 Å². The maximum absolute atomic E-state index is 8.88. The molecule has 1 aromatic rings. The van der Waals surface area contributed by atoms with Gasteiger partial charge in [0, 0.05) is 18.2 Å². The first-order valence-corrected chi connectivity index (χ1v) is 4.75. The summed E-state index contributed by atoms with van der Waals surface area (Å²) in [6.45, 7) is 0. The number of phenols is 3. The molecule has 0 heterocycles. The minimum Gasteiger partial charge on any atom is -0.508 e. The Morgan fingerprint density at radius 3 is 1.07 bits per heavy atom. The van der Waals surface area contributed by atoms with E-state index in [-0.39, 0.29) is 17.2 Å². The number of phenolic OH excluding ortho intramolecular Hbond substituents is 3. The highest BCUT2D eigenvalue weighted by Crippen LogP contribution is 2.25. The van der Waals surface area contributed by atoms with E-state index in [1.807, 2.05) is 0 Å². The van der Waals surface area contributed by atoms with Gasteiger partial charge in [0.1, 0.15) is 17.2 Å². The zero-order valence-electron chi connectivity index (χ0n) is 6.77. The largest absolute Gasteiger partial charge is 0.508 e. The van der Waals surface area contributed by atoms with E-state index in [9.17, 15) is 0 Å². The predicted molar refractivity (Wildman–Crippen MR) is 45.7 cm³/mol. The van der Waals surface area contributed by atoms with Crippen molar-refractivity contribution in [2.24, 2.45) is 0 Å². The molecule has 1 aromatic carbocycles. The Morgan fingerprint density at radius 1 is 0.786 bits per heavy atom. The second-order valence-electron chi connectivity index (χ2n) is 2.22. The molecule has 1 rings (SSSR count). The average molecular weight is 224 g/mol. The van der Waals surface area contributed by atoms with Gasteiger partial charge in [-0.25, -0.2) is 4.57 Å². The highest BCUT2D eigenvalue weighted by Gasteiger charge is 2.00. The minimum atomic E-state index is -4.64. The number of hydrogen-bond acceptors (Lipinski definition) is 4. The van der Waals surface area contributed by atoms with E-state index in [4.69, 9.17) is 34.6 Å². The fourth-order valence-corrected chi connectivity index (χ4v) is 0.580. The van der Waals surface area contributed by atoms with Gasteiger partial charge in [0.15, 0.2) is 0 Å². The summed E-state index contributed by atoms with van der Waals surface area (Å²) < 4.78 is 8.88. The van der Waals surface area contributed by atoms with Crippen LogP contribution in [0, 0.1) is 0 Å². The normalized spacial score (nSPS) is 10.2. The Kier molecular flexibility index (Phi) is 4.39.